The zero-order valence-corrected chi connectivity index (χ0v) is 19.0. The van der Waals surface area contributed by atoms with E-state index in [-0.39, 0.29) is 18.7 Å². The maximum Gasteiger partial charge on any atom is 0.317 e. The van der Waals surface area contributed by atoms with E-state index in [9.17, 15) is 14.7 Å². The Labute approximate surface area is 193 Å². The van der Waals surface area contributed by atoms with Crippen LogP contribution in [0.1, 0.15) is 42.7 Å². The number of amides is 2. The number of benzene rings is 2. The Morgan fingerprint density at radius 1 is 1.06 bits per heavy atom. The number of carboxylic acid groups (broad SMARTS) is 1. The summed E-state index contributed by atoms with van der Waals surface area (Å²) in [5, 5.41) is 13.3. The van der Waals surface area contributed by atoms with Crippen molar-refractivity contribution >= 4 is 12.0 Å². The molecule has 1 fully saturated rings. The van der Waals surface area contributed by atoms with Gasteiger partial charge in [0.05, 0.1) is 13.0 Å². The first-order valence-corrected chi connectivity index (χ1v) is 11.3. The van der Waals surface area contributed by atoms with Gasteiger partial charge in [-0.25, -0.2) is 4.79 Å². The smallest absolute Gasteiger partial charge is 0.317 e. The Bertz CT molecular complexity index is 993. The lowest BCUT2D eigenvalue weighted by Crippen LogP contribution is -2.52. The number of nitrogens with one attached hydrogen (secondary N) is 1. The van der Waals surface area contributed by atoms with E-state index < -0.39 is 17.8 Å². The molecule has 0 unspecified atom stereocenters. The lowest BCUT2D eigenvalue weighted by atomic mass is 9.71. The number of carboxylic acids is 1. The van der Waals surface area contributed by atoms with Crippen LogP contribution in [-0.4, -0.2) is 55.5 Å². The Balaban J connectivity index is 1.70. The summed E-state index contributed by atoms with van der Waals surface area (Å²) in [6.07, 6.45) is 1.88. The van der Waals surface area contributed by atoms with Crippen molar-refractivity contribution in [2.75, 3.05) is 33.5 Å². The average molecular weight is 455 g/mol. The van der Waals surface area contributed by atoms with Gasteiger partial charge in [0.1, 0.15) is 5.75 Å². The number of rotatable bonds is 7. The number of likely N-dealkylation sites (tertiary alicyclic amines) is 1. The zero-order valence-electron chi connectivity index (χ0n) is 19.0. The molecule has 4 rings (SSSR count). The van der Waals surface area contributed by atoms with Crippen molar-refractivity contribution in [2.45, 2.75) is 31.6 Å². The Kier molecular flexibility index (Phi) is 6.91. The molecule has 2 heterocycles. The Morgan fingerprint density at radius 2 is 1.73 bits per heavy atom. The van der Waals surface area contributed by atoms with Gasteiger partial charge in [-0.15, -0.1) is 0 Å². The van der Waals surface area contributed by atoms with Crippen molar-refractivity contribution in [3.63, 3.8) is 0 Å². The third-order valence-electron chi connectivity index (χ3n) is 6.45. The molecule has 0 saturated carbocycles. The number of aliphatic carboxylic acids is 1. The molecular formula is C25H30N2O6. The van der Waals surface area contributed by atoms with E-state index in [4.69, 9.17) is 14.2 Å². The molecule has 3 atom stereocenters. The van der Waals surface area contributed by atoms with Crippen molar-refractivity contribution in [1.82, 2.24) is 10.2 Å². The molecule has 0 bridgehead atoms. The highest BCUT2D eigenvalue weighted by Gasteiger charge is 2.44. The maximum absolute atomic E-state index is 13.0. The quantitative estimate of drug-likeness (QED) is 0.618. The van der Waals surface area contributed by atoms with E-state index in [1.807, 2.05) is 36.4 Å². The van der Waals surface area contributed by atoms with Crippen LogP contribution in [0.3, 0.4) is 0 Å². The molecule has 33 heavy (non-hydrogen) atoms. The van der Waals surface area contributed by atoms with Crippen LogP contribution in [0.4, 0.5) is 4.79 Å². The van der Waals surface area contributed by atoms with E-state index >= 15 is 0 Å². The highest BCUT2D eigenvalue weighted by Crippen LogP contribution is 2.44. The molecule has 2 N–H and O–H groups in total. The van der Waals surface area contributed by atoms with Crippen LogP contribution < -0.4 is 19.5 Å². The van der Waals surface area contributed by atoms with Crippen LogP contribution in [0.25, 0.3) is 0 Å². The minimum atomic E-state index is -0.885. The van der Waals surface area contributed by atoms with Crippen LogP contribution in [0.15, 0.2) is 42.5 Å². The monoisotopic (exact) mass is 454 g/mol. The zero-order chi connectivity index (χ0) is 23.4. The summed E-state index contributed by atoms with van der Waals surface area (Å²) in [6, 6.07) is 12.8. The van der Waals surface area contributed by atoms with Crippen LogP contribution in [-0.2, 0) is 4.79 Å². The van der Waals surface area contributed by atoms with Gasteiger partial charge in [-0.1, -0.05) is 31.5 Å². The molecule has 2 aliphatic heterocycles. The standard InChI is InChI=1S/C25H30N2O6/c1-3-4-11-26-25(30)27-13-19(16-5-8-18(31-2)9-6-16)23(24(28)29)20(14-27)17-7-10-21-22(12-17)33-15-32-21/h5-10,12,19-20,23H,3-4,11,13-15H2,1-2H3,(H,26,30)(H,28,29)/t19-,20-,23-/m1/s1. The molecule has 0 aliphatic carbocycles. The molecule has 2 amide bonds. The Morgan fingerprint density at radius 3 is 2.39 bits per heavy atom. The molecule has 176 valence electrons. The van der Waals surface area contributed by atoms with Crippen LogP contribution in [0.5, 0.6) is 17.2 Å². The number of carbonyl (C=O) groups excluding carboxylic acids is 1. The molecule has 0 radical (unpaired) electrons. The normalized spacial score (nSPS) is 21.5. The van der Waals surface area contributed by atoms with Gasteiger partial charge in [-0.3, -0.25) is 4.79 Å². The highest BCUT2D eigenvalue weighted by molar-refractivity contribution is 5.77. The van der Waals surface area contributed by atoms with Gasteiger partial charge in [0.15, 0.2) is 11.5 Å². The second-order valence-corrected chi connectivity index (χ2v) is 8.45. The fourth-order valence-electron chi connectivity index (χ4n) is 4.67. The predicted octanol–water partition coefficient (Wildman–Crippen LogP) is 3.82. The summed E-state index contributed by atoms with van der Waals surface area (Å²) in [4.78, 5) is 27.3. The third-order valence-corrected chi connectivity index (χ3v) is 6.45. The largest absolute Gasteiger partial charge is 0.497 e. The third kappa shape index (κ3) is 4.84. The fourth-order valence-corrected chi connectivity index (χ4v) is 4.67. The van der Waals surface area contributed by atoms with Crippen molar-refractivity contribution < 1.29 is 28.9 Å². The number of fused-ring (bicyclic) bond motifs is 1. The Hall–Kier alpha value is -3.42. The van der Waals surface area contributed by atoms with Crippen molar-refractivity contribution in [3.05, 3.63) is 53.6 Å². The SMILES string of the molecule is CCCCNC(=O)N1C[C@H](c2ccc(OC)cc2)[C@@H](C(=O)O)[C@@H](c2ccc3c(c2)OCO3)C1. The van der Waals surface area contributed by atoms with E-state index in [2.05, 4.69) is 12.2 Å². The van der Waals surface area contributed by atoms with Gasteiger partial charge in [-0.05, 0) is 41.8 Å². The number of nitrogens with zero attached hydrogens (tertiary/aromatic N) is 1. The number of hydrogen-bond donors (Lipinski definition) is 2. The van der Waals surface area contributed by atoms with Crippen molar-refractivity contribution in [1.29, 1.82) is 0 Å². The van der Waals surface area contributed by atoms with Crippen molar-refractivity contribution in [2.24, 2.45) is 5.92 Å². The number of ether oxygens (including phenoxy) is 3. The number of methoxy groups -OCH3 is 1. The van der Waals surface area contributed by atoms with Crippen LogP contribution in [0.2, 0.25) is 0 Å². The van der Waals surface area contributed by atoms with Gasteiger partial charge < -0.3 is 29.5 Å². The molecule has 2 aromatic carbocycles. The summed E-state index contributed by atoms with van der Waals surface area (Å²) < 4.78 is 16.2. The number of piperidine rings is 1. The predicted molar refractivity (Wildman–Crippen MR) is 122 cm³/mol. The van der Waals surface area contributed by atoms with Crippen molar-refractivity contribution in [3.8, 4) is 17.2 Å². The first-order chi connectivity index (χ1) is 16.0. The minimum absolute atomic E-state index is 0.145. The lowest BCUT2D eigenvalue weighted by molar-refractivity contribution is -0.144. The van der Waals surface area contributed by atoms with E-state index in [0.717, 1.165) is 24.0 Å². The van der Waals surface area contributed by atoms with Gasteiger partial charge >= 0.3 is 12.0 Å². The van der Waals surface area contributed by atoms with Crippen LogP contribution >= 0.6 is 0 Å². The summed E-state index contributed by atoms with van der Waals surface area (Å²) in [6.45, 7) is 3.44. The molecule has 0 spiro atoms. The summed E-state index contributed by atoms with van der Waals surface area (Å²) in [5.41, 5.74) is 1.68. The molecule has 2 aliphatic rings. The first kappa shape index (κ1) is 22.8. The molecule has 1 saturated heterocycles. The molecule has 8 nitrogen and oxygen atoms in total. The van der Waals surface area contributed by atoms with E-state index in [1.54, 1.807) is 18.1 Å². The number of hydrogen-bond acceptors (Lipinski definition) is 5. The highest BCUT2D eigenvalue weighted by atomic mass is 16.7. The minimum Gasteiger partial charge on any atom is -0.497 e. The second-order valence-electron chi connectivity index (χ2n) is 8.45. The summed E-state index contributed by atoms with van der Waals surface area (Å²) in [5.74, 6) is -0.445. The lowest BCUT2D eigenvalue weighted by Gasteiger charge is -2.42. The maximum atomic E-state index is 13.0. The average Bonchev–Trinajstić information content (AvgIpc) is 3.31. The van der Waals surface area contributed by atoms with Gasteiger partial charge in [0, 0.05) is 31.5 Å². The van der Waals surface area contributed by atoms with Gasteiger partial charge in [0.2, 0.25) is 6.79 Å². The molecule has 2 aromatic rings. The van der Waals surface area contributed by atoms with Gasteiger partial charge in [0.25, 0.3) is 0 Å². The summed E-state index contributed by atoms with van der Waals surface area (Å²) >= 11 is 0. The topological polar surface area (TPSA) is 97.3 Å². The molecular weight excluding hydrogens is 424 g/mol. The molecule has 8 heteroatoms. The van der Waals surface area contributed by atoms with E-state index in [0.29, 0.717) is 36.9 Å². The number of urea groups is 1. The second kappa shape index (κ2) is 10.0. The number of carbonyl (C=O) groups is 2. The first-order valence-electron chi connectivity index (χ1n) is 11.3. The molecule has 0 aromatic heterocycles. The van der Waals surface area contributed by atoms with Crippen LogP contribution in [0, 0.1) is 5.92 Å². The van der Waals surface area contributed by atoms with E-state index in [1.165, 1.54) is 0 Å². The fraction of sp³-hybridized carbons (Fsp3) is 0.440. The number of unbranched alkanes of at least 4 members (excludes halogenated alkanes) is 1. The summed E-state index contributed by atoms with van der Waals surface area (Å²) in [7, 11) is 1.59. The van der Waals surface area contributed by atoms with Gasteiger partial charge in [-0.2, -0.15) is 0 Å².